The number of aliphatic carboxylic acids is 1. The van der Waals surface area contributed by atoms with Crippen LogP contribution in [0.2, 0.25) is 5.02 Å². The standard InChI is InChI=1S/C52H59ClN6O5/c1-34(33-64-46-17-23-54-44-12-6-8-35(2)47(44)46)28-38-29-36-14-15-37(30-43(36)51(38)18-20-52(21-19-51,50(61)62)57-40-10-7-9-39(53)31-40)49(60)59-26-24-58(25-27-59)32-41-16-22-55-48(56-41)42-11-4-5-13-45(42)63-3/h4-5,7,9-11,13-17,22-23,30-31,34-35,38,57H,6,8,12,18-21,24-29,32-33H2,1-3H3,(H,61,62)/t34-,35-,38?,51?,52?/m1/s1. The molecule has 2 N–H and O–H groups in total. The van der Waals surface area contributed by atoms with Crippen molar-refractivity contribution in [1.29, 1.82) is 0 Å². The number of halogens is 1. The van der Waals surface area contributed by atoms with E-state index in [2.05, 4.69) is 46.2 Å². The van der Waals surface area contributed by atoms with Gasteiger partial charge < -0.3 is 24.8 Å². The van der Waals surface area contributed by atoms with E-state index < -0.39 is 11.5 Å². The van der Waals surface area contributed by atoms with Gasteiger partial charge in [0.25, 0.3) is 5.91 Å². The minimum Gasteiger partial charge on any atom is -0.496 e. The van der Waals surface area contributed by atoms with E-state index in [0.29, 0.717) is 79.9 Å². The number of piperazine rings is 1. The van der Waals surface area contributed by atoms with Crippen LogP contribution in [0.4, 0.5) is 5.69 Å². The highest BCUT2D eigenvalue weighted by Crippen LogP contribution is 2.56. The summed E-state index contributed by atoms with van der Waals surface area (Å²) in [6.45, 7) is 8.49. The number of carbonyl (C=O) groups excluding carboxylic acids is 1. The SMILES string of the molecule is COc1ccccc1-c1nccc(CN2CCN(C(=O)c3ccc4c(c3)C3(CCC(Nc5cccc(Cl)c5)(C(=O)O)CC3)C(C[C@@H](C)COc3ccnc5c3[C@H](C)CCC5)C4)CC2)n1. The van der Waals surface area contributed by atoms with Gasteiger partial charge in [-0.05, 0) is 147 Å². The topological polar surface area (TPSA) is 130 Å². The zero-order valence-electron chi connectivity index (χ0n) is 37.2. The van der Waals surface area contributed by atoms with E-state index in [1.807, 2.05) is 65.7 Å². The molecular weight excluding hydrogens is 824 g/mol. The Bertz CT molecular complexity index is 2500. The van der Waals surface area contributed by atoms with Crippen LogP contribution in [-0.4, -0.2) is 87.2 Å². The fourth-order valence-corrected chi connectivity index (χ4v) is 11.4. The van der Waals surface area contributed by atoms with Crippen molar-refractivity contribution in [3.63, 3.8) is 0 Å². The lowest BCUT2D eigenvalue weighted by molar-refractivity contribution is -0.144. The molecule has 1 saturated heterocycles. The Morgan fingerprint density at radius 1 is 0.938 bits per heavy atom. The van der Waals surface area contributed by atoms with Crippen LogP contribution in [0.25, 0.3) is 11.4 Å². The lowest BCUT2D eigenvalue weighted by Crippen LogP contribution is -2.53. The van der Waals surface area contributed by atoms with Gasteiger partial charge >= 0.3 is 5.97 Å². The van der Waals surface area contributed by atoms with Gasteiger partial charge in [-0.3, -0.25) is 14.7 Å². The molecule has 5 aromatic rings. The monoisotopic (exact) mass is 882 g/mol. The van der Waals surface area contributed by atoms with Gasteiger partial charge in [-0.1, -0.05) is 49.7 Å². The third-order valence-electron chi connectivity index (χ3n) is 14.6. The molecule has 1 aliphatic heterocycles. The summed E-state index contributed by atoms with van der Waals surface area (Å²) < 4.78 is 12.2. The Labute approximate surface area is 381 Å². The number of ether oxygens (including phenoxy) is 2. The summed E-state index contributed by atoms with van der Waals surface area (Å²) in [4.78, 5) is 45.9. The second-order valence-corrected chi connectivity index (χ2v) is 19.1. The summed E-state index contributed by atoms with van der Waals surface area (Å²) in [6.07, 6.45) is 11.1. The number of hydrogen-bond acceptors (Lipinski definition) is 9. The van der Waals surface area contributed by atoms with Gasteiger partial charge in [0.1, 0.15) is 17.0 Å². The van der Waals surface area contributed by atoms with Crippen molar-refractivity contribution < 1.29 is 24.2 Å². The minimum atomic E-state index is -1.13. The fourth-order valence-electron chi connectivity index (χ4n) is 11.2. The van der Waals surface area contributed by atoms with E-state index in [-0.39, 0.29) is 23.2 Å². The van der Waals surface area contributed by atoms with E-state index in [1.54, 1.807) is 25.4 Å². The van der Waals surface area contributed by atoms with E-state index >= 15 is 0 Å². The quantitative estimate of drug-likeness (QED) is 0.118. The number of fused-ring (bicyclic) bond motifs is 3. The molecule has 3 aromatic carbocycles. The summed E-state index contributed by atoms with van der Waals surface area (Å²) in [5, 5.41) is 14.8. The largest absolute Gasteiger partial charge is 0.496 e. The number of pyridine rings is 1. The van der Waals surface area contributed by atoms with E-state index in [0.717, 1.165) is 68.0 Å². The summed E-state index contributed by atoms with van der Waals surface area (Å²) in [7, 11) is 1.65. The number of aromatic nitrogens is 3. The van der Waals surface area contributed by atoms with Crippen LogP contribution in [0.3, 0.4) is 0 Å². The average Bonchev–Trinajstić information content (AvgIpc) is 3.59. The molecule has 4 aliphatic rings. The number of carbonyl (C=O) groups is 2. The van der Waals surface area contributed by atoms with Crippen molar-refractivity contribution in [2.24, 2.45) is 11.8 Å². The smallest absolute Gasteiger partial charge is 0.329 e. The van der Waals surface area contributed by atoms with Gasteiger partial charge in [-0.2, -0.15) is 0 Å². The van der Waals surface area contributed by atoms with Crippen LogP contribution in [0.5, 0.6) is 11.5 Å². The average molecular weight is 884 g/mol. The second kappa shape index (κ2) is 18.5. The molecule has 0 bridgehead atoms. The molecule has 3 aliphatic carbocycles. The van der Waals surface area contributed by atoms with E-state index in [9.17, 15) is 14.7 Å². The van der Waals surface area contributed by atoms with Crippen LogP contribution >= 0.6 is 11.6 Å². The summed E-state index contributed by atoms with van der Waals surface area (Å²) in [5.41, 5.74) is 6.66. The van der Waals surface area contributed by atoms with Crippen molar-refractivity contribution in [3.05, 3.63) is 130 Å². The minimum absolute atomic E-state index is 0.0385. The molecule has 11 nitrogen and oxygen atoms in total. The van der Waals surface area contributed by atoms with E-state index in [4.69, 9.17) is 26.1 Å². The first-order valence-electron chi connectivity index (χ1n) is 23.0. The number of hydrogen-bond donors (Lipinski definition) is 2. The number of nitrogens with zero attached hydrogens (tertiary/aromatic N) is 5. The number of amides is 1. The van der Waals surface area contributed by atoms with Crippen molar-refractivity contribution >= 4 is 29.2 Å². The molecule has 3 heterocycles. The maximum absolute atomic E-state index is 14.4. The Kier molecular flexibility index (Phi) is 12.7. The van der Waals surface area contributed by atoms with Gasteiger partial charge in [0, 0.05) is 72.6 Å². The van der Waals surface area contributed by atoms with Gasteiger partial charge in [-0.25, -0.2) is 14.8 Å². The number of rotatable bonds is 13. The fraction of sp³-hybridized carbons (Fsp3) is 0.442. The molecule has 64 heavy (non-hydrogen) atoms. The molecule has 334 valence electrons. The number of carboxylic acids is 1. The van der Waals surface area contributed by atoms with Crippen LogP contribution in [0.15, 0.2) is 91.3 Å². The highest BCUT2D eigenvalue weighted by molar-refractivity contribution is 6.30. The summed E-state index contributed by atoms with van der Waals surface area (Å²) in [5.74, 6) is 2.45. The molecule has 1 saturated carbocycles. The van der Waals surface area contributed by atoms with E-state index in [1.165, 1.54) is 22.4 Å². The zero-order chi connectivity index (χ0) is 44.4. The van der Waals surface area contributed by atoms with Crippen LogP contribution < -0.4 is 14.8 Å². The molecule has 3 atom stereocenters. The van der Waals surface area contributed by atoms with Gasteiger partial charge in [0.05, 0.1) is 25.0 Å². The molecule has 1 unspecified atom stereocenters. The van der Waals surface area contributed by atoms with Crippen molar-refractivity contribution in [2.45, 2.75) is 95.1 Å². The molecule has 0 radical (unpaired) electrons. The first-order valence-corrected chi connectivity index (χ1v) is 23.4. The lowest BCUT2D eigenvalue weighted by atomic mass is 9.59. The Hall–Kier alpha value is -5.52. The number of para-hydroxylation sites is 1. The van der Waals surface area contributed by atoms with Gasteiger partial charge in [0.15, 0.2) is 5.82 Å². The molecular formula is C52H59ClN6O5. The highest BCUT2D eigenvalue weighted by Gasteiger charge is 2.54. The number of aryl methyl sites for hydroxylation is 1. The normalized spacial score (nSPS) is 23.5. The predicted molar refractivity (Wildman–Crippen MR) is 249 cm³/mol. The number of nitrogens with one attached hydrogen (secondary N) is 1. The highest BCUT2D eigenvalue weighted by atomic mass is 35.5. The maximum atomic E-state index is 14.4. The number of methoxy groups -OCH3 is 1. The predicted octanol–water partition coefficient (Wildman–Crippen LogP) is 9.62. The van der Waals surface area contributed by atoms with Crippen LogP contribution in [0.1, 0.15) is 103 Å². The Morgan fingerprint density at radius 2 is 1.73 bits per heavy atom. The Balaban J connectivity index is 0.916. The number of carboxylic acid groups (broad SMARTS) is 1. The van der Waals surface area contributed by atoms with Crippen LogP contribution in [0, 0.1) is 11.8 Å². The first-order chi connectivity index (χ1) is 31.0. The van der Waals surface area contributed by atoms with Crippen molar-refractivity contribution in [1.82, 2.24) is 24.8 Å². The molecule has 1 amide bonds. The van der Waals surface area contributed by atoms with Crippen LogP contribution in [-0.2, 0) is 29.6 Å². The second-order valence-electron chi connectivity index (χ2n) is 18.7. The number of anilines is 1. The molecule has 1 spiro atoms. The van der Waals surface area contributed by atoms with Gasteiger partial charge in [-0.15, -0.1) is 0 Å². The Morgan fingerprint density at radius 3 is 2.52 bits per heavy atom. The molecule has 9 rings (SSSR count). The summed E-state index contributed by atoms with van der Waals surface area (Å²) in [6, 6.07) is 25.4. The molecule has 2 fully saturated rings. The summed E-state index contributed by atoms with van der Waals surface area (Å²) >= 11 is 6.34. The first kappa shape index (κ1) is 43.7. The zero-order valence-corrected chi connectivity index (χ0v) is 37.9. The van der Waals surface area contributed by atoms with Crippen molar-refractivity contribution in [2.75, 3.05) is 45.2 Å². The molecule has 2 aromatic heterocycles. The molecule has 12 heteroatoms. The third-order valence-corrected chi connectivity index (χ3v) is 14.9. The number of benzene rings is 3. The van der Waals surface area contributed by atoms with Crippen molar-refractivity contribution in [3.8, 4) is 22.9 Å². The third kappa shape index (κ3) is 8.81. The maximum Gasteiger partial charge on any atom is 0.329 e. The van der Waals surface area contributed by atoms with Gasteiger partial charge in [0.2, 0.25) is 0 Å². The lowest BCUT2D eigenvalue weighted by Gasteiger charge is -2.47.